The van der Waals surface area contributed by atoms with Crippen LogP contribution in [0.4, 0.5) is 5.69 Å². The number of likely N-dealkylation sites (N-methyl/N-ethyl adjacent to an activating group) is 2. The van der Waals surface area contributed by atoms with Gasteiger partial charge in [0.15, 0.2) is 0 Å². The van der Waals surface area contributed by atoms with E-state index in [9.17, 15) is 9.59 Å². The molecule has 5 rings (SSSR count). The number of primary amides is 1. The van der Waals surface area contributed by atoms with Crippen LogP contribution in [0.5, 0.6) is 5.75 Å². The lowest BCUT2D eigenvalue weighted by Gasteiger charge is -2.50. The number of likely N-dealkylation sites (tertiary alicyclic amines) is 1. The predicted octanol–water partition coefficient (Wildman–Crippen LogP) is 4.00. The van der Waals surface area contributed by atoms with E-state index < -0.39 is 11.3 Å². The molecule has 0 bridgehead atoms. The van der Waals surface area contributed by atoms with Gasteiger partial charge in [-0.1, -0.05) is 60.7 Å². The molecule has 9 heteroatoms. The summed E-state index contributed by atoms with van der Waals surface area (Å²) in [6.45, 7) is 6.23. The third kappa shape index (κ3) is 6.15. The summed E-state index contributed by atoms with van der Waals surface area (Å²) in [6.07, 6.45) is 1.56. The summed E-state index contributed by atoms with van der Waals surface area (Å²) >= 11 is 0. The van der Waals surface area contributed by atoms with Crippen molar-refractivity contribution >= 4 is 17.5 Å². The van der Waals surface area contributed by atoms with Crippen molar-refractivity contribution in [3.8, 4) is 5.75 Å². The van der Waals surface area contributed by atoms with Crippen molar-refractivity contribution < 1.29 is 14.3 Å². The van der Waals surface area contributed by atoms with E-state index in [1.54, 1.807) is 13.2 Å². The van der Waals surface area contributed by atoms with Crippen molar-refractivity contribution in [3.05, 3.63) is 106 Å². The number of rotatable bonds is 11. The number of nitrogens with one attached hydrogen (secondary N) is 1. The zero-order chi connectivity index (χ0) is 32.1. The number of carbonyl (C=O) groups excluding carboxylic acids is 2. The third-order valence-corrected chi connectivity index (χ3v) is 9.36. The van der Waals surface area contributed by atoms with Crippen LogP contribution < -0.4 is 21.5 Å². The van der Waals surface area contributed by atoms with Crippen LogP contribution in [0.3, 0.4) is 0 Å². The van der Waals surface area contributed by atoms with E-state index in [0.29, 0.717) is 47.8 Å². The van der Waals surface area contributed by atoms with Gasteiger partial charge in [0.05, 0.1) is 23.8 Å². The number of carbonyl (C=O) groups is 2. The van der Waals surface area contributed by atoms with E-state index in [1.165, 1.54) is 5.56 Å². The zero-order valence-electron chi connectivity index (χ0n) is 26.9. The van der Waals surface area contributed by atoms with Crippen molar-refractivity contribution in [2.75, 3.05) is 59.2 Å². The number of anilines is 1. The summed E-state index contributed by atoms with van der Waals surface area (Å²) in [4.78, 5) is 34.4. The van der Waals surface area contributed by atoms with Gasteiger partial charge in [0.1, 0.15) is 11.6 Å². The number of amides is 2. The molecular weight excluding hydrogens is 564 g/mol. The highest BCUT2D eigenvalue weighted by atomic mass is 16.5. The van der Waals surface area contributed by atoms with Gasteiger partial charge in [-0.15, -0.1) is 0 Å². The van der Waals surface area contributed by atoms with Gasteiger partial charge in [-0.3, -0.25) is 14.5 Å². The van der Waals surface area contributed by atoms with Crippen LogP contribution >= 0.6 is 0 Å². The molecule has 3 aromatic carbocycles. The number of piperidine rings is 1. The Bertz CT molecular complexity index is 1550. The molecule has 1 atom stereocenters. The summed E-state index contributed by atoms with van der Waals surface area (Å²) in [5, 5.41) is 3.36. The Balaban J connectivity index is 1.72. The normalized spacial score (nSPS) is 18.8. The van der Waals surface area contributed by atoms with Gasteiger partial charge in [0, 0.05) is 31.7 Å². The minimum absolute atomic E-state index is 0.0666. The monoisotopic (exact) mass is 610 g/mol. The van der Waals surface area contributed by atoms with E-state index in [1.807, 2.05) is 68.4 Å². The molecule has 1 saturated heterocycles. The first-order valence-corrected chi connectivity index (χ1v) is 15.8. The molecule has 2 aliphatic heterocycles. The summed E-state index contributed by atoms with van der Waals surface area (Å²) in [5.41, 5.74) is 16.4. The molecule has 0 aromatic heterocycles. The Morgan fingerprint density at radius 3 is 2.27 bits per heavy atom. The lowest BCUT2D eigenvalue weighted by molar-refractivity contribution is -0.128. The molecule has 0 aliphatic carbocycles. The van der Waals surface area contributed by atoms with Crippen LogP contribution in [0.1, 0.15) is 46.8 Å². The van der Waals surface area contributed by atoms with Crippen LogP contribution in [0, 0.1) is 5.92 Å². The van der Waals surface area contributed by atoms with Crippen LogP contribution in [0.2, 0.25) is 0 Å². The number of ether oxygens (including phenoxy) is 1. The SMILES string of the molecule is CCN(CCN(C)C)C(=O)C1=C(N)Nc2c(OC)cccc2C1(c1ccccc1C(N)=O)C1CCN(Cc2ccccc2)CC1. The van der Waals surface area contributed by atoms with Gasteiger partial charge < -0.3 is 31.3 Å². The topological polar surface area (TPSA) is 117 Å². The Hall–Kier alpha value is -4.34. The maximum Gasteiger partial charge on any atom is 0.254 e. The van der Waals surface area contributed by atoms with Gasteiger partial charge >= 0.3 is 0 Å². The second-order valence-electron chi connectivity index (χ2n) is 12.2. The van der Waals surface area contributed by atoms with Crippen LogP contribution in [0.25, 0.3) is 0 Å². The fourth-order valence-corrected chi connectivity index (χ4v) is 7.20. The molecule has 45 heavy (non-hydrogen) atoms. The van der Waals surface area contributed by atoms with E-state index in [4.69, 9.17) is 16.2 Å². The van der Waals surface area contributed by atoms with Gasteiger partial charge in [-0.25, -0.2) is 0 Å². The second-order valence-corrected chi connectivity index (χ2v) is 12.2. The first-order chi connectivity index (χ1) is 21.7. The van der Waals surface area contributed by atoms with Crippen LogP contribution in [0.15, 0.2) is 84.2 Å². The number of benzene rings is 3. The highest BCUT2D eigenvalue weighted by Crippen LogP contribution is 2.56. The van der Waals surface area contributed by atoms with Crippen LogP contribution in [-0.2, 0) is 16.8 Å². The molecule has 0 spiro atoms. The third-order valence-electron chi connectivity index (χ3n) is 9.36. The van der Waals surface area contributed by atoms with E-state index in [2.05, 4.69) is 39.4 Å². The first kappa shape index (κ1) is 32.1. The molecule has 0 saturated carbocycles. The average molecular weight is 611 g/mol. The highest BCUT2D eigenvalue weighted by Gasteiger charge is 2.54. The Morgan fingerprint density at radius 2 is 1.62 bits per heavy atom. The molecule has 238 valence electrons. The van der Waals surface area contributed by atoms with Crippen molar-refractivity contribution in [1.82, 2.24) is 14.7 Å². The molecular formula is C36H46N6O3. The number of hydrogen-bond donors (Lipinski definition) is 3. The Morgan fingerprint density at radius 1 is 0.956 bits per heavy atom. The van der Waals surface area contributed by atoms with E-state index >= 15 is 0 Å². The maximum absolute atomic E-state index is 14.9. The number of para-hydroxylation sites is 1. The average Bonchev–Trinajstić information content (AvgIpc) is 3.04. The molecule has 2 aliphatic rings. The summed E-state index contributed by atoms with van der Waals surface area (Å²) in [7, 11) is 5.61. The fraction of sp³-hybridized carbons (Fsp3) is 0.389. The first-order valence-electron chi connectivity index (χ1n) is 15.8. The number of nitrogens with two attached hydrogens (primary N) is 2. The van der Waals surface area contributed by atoms with Gasteiger partial charge in [-0.2, -0.15) is 0 Å². The quantitative estimate of drug-likeness (QED) is 0.301. The number of methoxy groups -OCH3 is 1. The molecule has 1 fully saturated rings. The highest BCUT2D eigenvalue weighted by molar-refractivity contribution is 6.03. The summed E-state index contributed by atoms with van der Waals surface area (Å²) in [6, 6.07) is 23.8. The van der Waals surface area contributed by atoms with Gasteiger partial charge in [0.2, 0.25) is 5.91 Å². The van der Waals surface area contributed by atoms with E-state index in [-0.39, 0.29) is 17.6 Å². The molecule has 9 nitrogen and oxygen atoms in total. The van der Waals surface area contributed by atoms with Gasteiger partial charge in [0.25, 0.3) is 5.91 Å². The van der Waals surface area contributed by atoms with Crippen molar-refractivity contribution in [3.63, 3.8) is 0 Å². The molecule has 2 heterocycles. The Labute approximate surface area is 266 Å². The Kier molecular flexibility index (Phi) is 9.80. The lowest BCUT2D eigenvalue weighted by Crippen LogP contribution is -2.53. The summed E-state index contributed by atoms with van der Waals surface area (Å²) in [5.74, 6) is 0.127. The predicted molar refractivity (Wildman–Crippen MR) is 179 cm³/mol. The molecule has 5 N–H and O–H groups in total. The van der Waals surface area contributed by atoms with Crippen LogP contribution in [-0.4, -0.2) is 80.4 Å². The molecule has 3 aromatic rings. The molecule has 1 unspecified atom stereocenters. The van der Waals surface area contributed by atoms with Crippen molar-refractivity contribution in [2.24, 2.45) is 17.4 Å². The van der Waals surface area contributed by atoms with Crippen molar-refractivity contribution in [2.45, 2.75) is 31.7 Å². The summed E-state index contributed by atoms with van der Waals surface area (Å²) < 4.78 is 5.83. The number of fused-ring (bicyclic) bond motifs is 1. The number of hydrogen-bond acceptors (Lipinski definition) is 7. The van der Waals surface area contributed by atoms with E-state index in [0.717, 1.165) is 38.0 Å². The maximum atomic E-state index is 14.9. The van der Waals surface area contributed by atoms with Crippen molar-refractivity contribution in [1.29, 1.82) is 0 Å². The van der Waals surface area contributed by atoms with Gasteiger partial charge in [-0.05, 0) is 81.7 Å². The zero-order valence-corrected chi connectivity index (χ0v) is 26.9. The lowest BCUT2D eigenvalue weighted by atomic mass is 9.56. The number of nitrogens with zero attached hydrogens (tertiary/aromatic N) is 3. The second kappa shape index (κ2) is 13.7. The standard InChI is InChI=1S/C36H46N6O3/c1-5-42(23-22-40(2)3)35(44)31-33(37)39-32-29(16-11-17-30(32)45-4)36(31,28-15-10-9-14-27(28)34(38)43)26-18-20-41(21-19-26)24-25-12-7-6-8-13-25/h6-17,26,39H,5,18-24,37H2,1-4H3,(H2,38,43). The molecule has 0 radical (unpaired) electrons. The fourth-order valence-electron chi connectivity index (χ4n) is 7.20. The minimum atomic E-state index is -1.06. The minimum Gasteiger partial charge on any atom is -0.495 e. The molecule has 2 amide bonds. The largest absolute Gasteiger partial charge is 0.495 e. The smallest absolute Gasteiger partial charge is 0.254 e.